The van der Waals surface area contributed by atoms with E-state index in [2.05, 4.69) is 5.32 Å². The predicted molar refractivity (Wildman–Crippen MR) is 87.0 cm³/mol. The van der Waals surface area contributed by atoms with E-state index in [4.69, 9.17) is 4.74 Å². The smallest absolute Gasteiger partial charge is 0.276 e. The lowest BCUT2D eigenvalue weighted by atomic mass is 10.1. The summed E-state index contributed by atoms with van der Waals surface area (Å²) in [7, 11) is 0. The Kier molecular flexibility index (Phi) is 4.07. The zero-order chi connectivity index (χ0) is 17.1. The summed E-state index contributed by atoms with van der Waals surface area (Å²) in [5, 5.41) is 13.6. The largest absolute Gasteiger partial charge is 0.482 e. The van der Waals surface area contributed by atoms with Gasteiger partial charge in [0.15, 0.2) is 12.4 Å². The minimum absolute atomic E-state index is 0.0577. The van der Waals surface area contributed by atoms with Gasteiger partial charge in [0.25, 0.3) is 11.6 Å². The van der Waals surface area contributed by atoms with Crippen molar-refractivity contribution in [2.24, 2.45) is 0 Å². The van der Waals surface area contributed by atoms with Gasteiger partial charge in [-0.3, -0.25) is 19.7 Å². The van der Waals surface area contributed by atoms with Crippen molar-refractivity contribution in [2.75, 3.05) is 11.9 Å². The van der Waals surface area contributed by atoms with E-state index < -0.39 is 4.92 Å². The first-order valence-corrected chi connectivity index (χ1v) is 7.07. The maximum absolute atomic E-state index is 12.3. The van der Waals surface area contributed by atoms with E-state index in [1.165, 1.54) is 24.3 Å². The van der Waals surface area contributed by atoms with E-state index in [0.717, 1.165) is 0 Å². The Bertz CT molecular complexity index is 873. The number of benzene rings is 2. The van der Waals surface area contributed by atoms with Crippen LogP contribution in [0.4, 0.5) is 11.4 Å². The number of allylic oxidation sites excluding steroid dienone is 1. The summed E-state index contributed by atoms with van der Waals surface area (Å²) in [5.41, 5.74) is 1.03. The van der Waals surface area contributed by atoms with E-state index in [1.807, 2.05) is 0 Å². The molecule has 0 unspecified atom stereocenters. The zero-order valence-electron chi connectivity index (χ0n) is 12.4. The fourth-order valence-electron chi connectivity index (χ4n) is 2.29. The molecule has 7 nitrogen and oxygen atoms in total. The van der Waals surface area contributed by atoms with Crippen molar-refractivity contribution in [3.8, 4) is 5.75 Å². The molecule has 1 heterocycles. The molecule has 0 aromatic heterocycles. The van der Waals surface area contributed by atoms with Crippen molar-refractivity contribution >= 4 is 29.1 Å². The van der Waals surface area contributed by atoms with Crippen LogP contribution in [0.2, 0.25) is 0 Å². The van der Waals surface area contributed by atoms with Gasteiger partial charge in [-0.05, 0) is 36.4 Å². The maximum atomic E-state index is 12.3. The Morgan fingerprint density at radius 3 is 2.83 bits per heavy atom. The number of rotatable bonds is 4. The average Bonchev–Trinajstić information content (AvgIpc) is 2.59. The van der Waals surface area contributed by atoms with Crippen LogP contribution in [0, 0.1) is 10.1 Å². The van der Waals surface area contributed by atoms with Gasteiger partial charge in [0.05, 0.1) is 16.2 Å². The first kappa shape index (κ1) is 15.4. The number of ketones is 1. The van der Waals surface area contributed by atoms with Crippen LogP contribution < -0.4 is 10.1 Å². The Hall–Kier alpha value is -3.48. The molecule has 120 valence electrons. The van der Waals surface area contributed by atoms with Crippen LogP contribution in [0.5, 0.6) is 5.75 Å². The molecule has 0 aliphatic carbocycles. The topological polar surface area (TPSA) is 98.5 Å². The van der Waals surface area contributed by atoms with Crippen LogP contribution in [0.3, 0.4) is 0 Å². The highest BCUT2D eigenvalue weighted by Crippen LogP contribution is 2.29. The van der Waals surface area contributed by atoms with E-state index in [9.17, 15) is 19.7 Å². The summed E-state index contributed by atoms with van der Waals surface area (Å²) in [5.74, 6) is -0.132. The monoisotopic (exact) mass is 324 g/mol. The van der Waals surface area contributed by atoms with Crippen LogP contribution in [-0.4, -0.2) is 23.2 Å². The summed E-state index contributed by atoms with van der Waals surface area (Å²) in [6, 6.07) is 10.8. The number of anilines is 1. The molecule has 0 spiro atoms. The molecule has 0 saturated heterocycles. The fourth-order valence-corrected chi connectivity index (χ4v) is 2.29. The van der Waals surface area contributed by atoms with Crippen molar-refractivity contribution in [3.05, 3.63) is 69.8 Å². The van der Waals surface area contributed by atoms with Crippen molar-refractivity contribution < 1.29 is 19.2 Å². The molecule has 1 amide bonds. The van der Waals surface area contributed by atoms with E-state index in [-0.39, 0.29) is 24.0 Å². The van der Waals surface area contributed by atoms with Crippen LogP contribution in [-0.2, 0) is 4.79 Å². The molecule has 0 fully saturated rings. The normalized spacial score (nSPS) is 13.1. The third-order valence-electron chi connectivity index (χ3n) is 3.44. The third kappa shape index (κ3) is 3.14. The van der Waals surface area contributed by atoms with Crippen LogP contribution >= 0.6 is 0 Å². The third-order valence-corrected chi connectivity index (χ3v) is 3.44. The Morgan fingerprint density at radius 1 is 1.25 bits per heavy atom. The number of nitrogens with zero attached hydrogens (tertiary/aromatic N) is 1. The SMILES string of the molecule is O=C1COc2ccc(C(=O)C=Cc3ccccc3[N+](=O)[O-])cc2N1. The zero-order valence-corrected chi connectivity index (χ0v) is 12.4. The molecular formula is C17H12N2O5. The second-order valence-corrected chi connectivity index (χ2v) is 5.06. The van der Waals surface area contributed by atoms with Crippen LogP contribution in [0.15, 0.2) is 48.5 Å². The molecule has 2 aromatic carbocycles. The maximum Gasteiger partial charge on any atom is 0.276 e. The molecule has 1 aliphatic heterocycles. The average molecular weight is 324 g/mol. The second-order valence-electron chi connectivity index (χ2n) is 5.06. The van der Waals surface area contributed by atoms with Gasteiger partial charge in [-0.15, -0.1) is 0 Å². The Morgan fingerprint density at radius 2 is 2.04 bits per heavy atom. The number of fused-ring (bicyclic) bond motifs is 1. The second kappa shape index (κ2) is 6.33. The molecule has 2 aromatic rings. The molecule has 3 rings (SSSR count). The molecule has 0 bridgehead atoms. The van der Waals surface area contributed by atoms with E-state index >= 15 is 0 Å². The summed E-state index contributed by atoms with van der Waals surface area (Å²) in [6.07, 6.45) is 2.66. The van der Waals surface area contributed by atoms with Gasteiger partial charge < -0.3 is 10.1 Å². The number of amides is 1. The highest BCUT2D eigenvalue weighted by atomic mass is 16.6. The number of nitro benzene ring substituents is 1. The van der Waals surface area contributed by atoms with Gasteiger partial charge in [0, 0.05) is 11.6 Å². The quantitative estimate of drug-likeness (QED) is 0.403. The van der Waals surface area contributed by atoms with Crippen LogP contribution in [0.25, 0.3) is 6.08 Å². The predicted octanol–water partition coefficient (Wildman–Crippen LogP) is 2.82. The summed E-state index contributed by atoms with van der Waals surface area (Å²) >= 11 is 0. The number of carbonyl (C=O) groups excluding carboxylic acids is 2. The number of hydrogen-bond acceptors (Lipinski definition) is 5. The number of ether oxygens (including phenoxy) is 1. The molecule has 24 heavy (non-hydrogen) atoms. The van der Waals surface area contributed by atoms with Crippen molar-refractivity contribution in [2.45, 2.75) is 0 Å². The van der Waals surface area contributed by atoms with Crippen LogP contribution in [0.1, 0.15) is 15.9 Å². The molecule has 0 radical (unpaired) electrons. The minimum Gasteiger partial charge on any atom is -0.482 e. The highest BCUT2D eigenvalue weighted by molar-refractivity contribution is 6.08. The number of nitro groups is 1. The number of carbonyl (C=O) groups is 2. The molecular weight excluding hydrogens is 312 g/mol. The lowest BCUT2D eigenvalue weighted by Crippen LogP contribution is -2.25. The number of nitrogens with one attached hydrogen (secondary N) is 1. The van der Waals surface area contributed by atoms with E-state index in [0.29, 0.717) is 22.6 Å². The Balaban J connectivity index is 1.84. The van der Waals surface area contributed by atoms with Gasteiger partial charge in [0.2, 0.25) is 0 Å². The molecule has 1 N–H and O–H groups in total. The summed E-state index contributed by atoms with van der Waals surface area (Å²) < 4.78 is 5.23. The highest BCUT2D eigenvalue weighted by Gasteiger charge is 2.17. The number of hydrogen-bond donors (Lipinski definition) is 1. The first-order chi connectivity index (χ1) is 11.5. The Labute approximate surface area is 136 Å². The van der Waals surface area contributed by atoms with Crippen molar-refractivity contribution in [1.82, 2.24) is 0 Å². The van der Waals surface area contributed by atoms with Gasteiger partial charge in [-0.2, -0.15) is 0 Å². The van der Waals surface area contributed by atoms with Gasteiger partial charge >= 0.3 is 0 Å². The molecule has 0 atom stereocenters. The standard InChI is InChI=1S/C17H12N2O5/c20-15(7-5-11-3-1-2-4-14(11)19(22)23)12-6-8-16-13(9-12)18-17(21)10-24-16/h1-9H,10H2,(H,18,21). The van der Waals surface area contributed by atoms with Gasteiger partial charge in [-0.25, -0.2) is 0 Å². The van der Waals surface area contributed by atoms with Crippen molar-refractivity contribution in [3.63, 3.8) is 0 Å². The lowest BCUT2D eigenvalue weighted by molar-refractivity contribution is -0.385. The van der Waals surface area contributed by atoms with Gasteiger partial charge in [0.1, 0.15) is 5.75 Å². The molecule has 0 saturated carbocycles. The molecule has 1 aliphatic rings. The number of para-hydroxylation sites is 1. The van der Waals surface area contributed by atoms with Gasteiger partial charge in [-0.1, -0.05) is 12.1 Å². The first-order valence-electron chi connectivity index (χ1n) is 7.07. The van der Waals surface area contributed by atoms with Crippen molar-refractivity contribution in [1.29, 1.82) is 0 Å². The van der Waals surface area contributed by atoms with E-state index in [1.54, 1.807) is 30.3 Å². The summed E-state index contributed by atoms with van der Waals surface area (Å²) in [6.45, 7) is -0.0577. The summed E-state index contributed by atoms with van der Waals surface area (Å²) in [4.78, 5) is 34.0. The fraction of sp³-hybridized carbons (Fsp3) is 0.0588. The molecule has 7 heteroatoms. The minimum atomic E-state index is -0.504. The lowest BCUT2D eigenvalue weighted by Gasteiger charge is -2.17.